The van der Waals surface area contributed by atoms with Crippen molar-refractivity contribution in [1.82, 2.24) is 19.5 Å². The van der Waals surface area contributed by atoms with Gasteiger partial charge in [0.05, 0.1) is 23.5 Å². The molecule has 0 saturated carbocycles. The lowest BCUT2D eigenvalue weighted by atomic mass is 10.1. The number of carbonyl (C=O) groups excluding carboxylic acids is 1. The summed E-state index contributed by atoms with van der Waals surface area (Å²) < 4.78 is 60.5. The summed E-state index contributed by atoms with van der Waals surface area (Å²) in [6.07, 6.45) is -0.997. The molecule has 0 fully saturated rings. The fourth-order valence-corrected chi connectivity index (χ4v) is 4.31. The molecule has 1 N–H and O–H groups in total. The average molecular weight is 526 g/mol. The van der Waals surface area contributed by atoms with E-state index in [0.717, 1.165) is 28.8 Å². The Labute approximate surface area is 214 Å². The van der Waals surface area contributed by atoms with Gasteiger partial charge in [0.25, 0.3) is 0 Å². The van der Waals surface area contributed by atoms with Gasteiger partial charge < -0.3 is 14.6 Å². The van der Waals surface area contributed by atoms with Gasteiger partial charge in [0, 0.05) is 30.2 Å². The number of urea groups is 1. The van der Waals surface area contributed by atoms with Crippen LogP contribution in [-0.4, -0.2) is 32.1 Å². The molecule has 0 bridgehead atoms. The van der Waals surface area contributed by atoms with E-state index in [-0.39, 0.29) is 5.69 Å². The van der Waals surface area contributed by atoms with Crippen LogP contribution < -0.4 is 15.0 Å². The van der Waals surface area contributed by atoms with Crippen molar-refractivity contribution in [3.8, 4) is 11.6 Å². The second kappa shape index (κ2) is 9.77. The maximum atomic E-state index is 13.6. The van der Waals surface area contributed by atoms with E-state index in [1.165, 1.54) is 11.2 Å². The van der Waals surface area contributed by atoms with Gasteiger partial charge in [-0.25, -0.2) is 24.1 Å². The van der Waals surface area contributed by atoms with Crippen molar-refractivity contribution in [3.05, 3.63) is 89.1 Å². The van der Waals surface area contributed by atoms with E-state index in [4.69, 9.17) is 4.74 Å². The molecule has 0 unspecified atom stereocenters. The van der Waals surface area contributed by atoms with Gasteiger partial charge in [0.15, 0.2) is 0 Å². The number of anilines is 2. The highest BCUT2D eigenvalue weighted by atomic mass is 19.4. The number of nitrogens with one attached hydrogen (secondary N) is 1. The number of benzene rings is 2. The monoisotopic (exact) mass is 526 g/mol. The molecule has 4 aromatic rings. The van der Waals surface area contributed by atoms with E-state index in [1.807, 2.05) is 24.6 Å². The summed E-state index contributed by atoms with van der Waals surface area (Å²) in [7, 11) is 0. The van der Waals surface area contributed by atoms with Gasteiger partial charge in [-0.15, -0.1) is 0 Å². The third-order valence-electron chi connectivity index (χ3n) is 6.06. The maximum absolute atomic E-state index is 13.6. The number of amides is 2. The minimum Gasteiger partial charge on any atom is -0.439 e. The molecule has 3 heterocycles. The van der Waals surface area contributed by atoms with Crippen LogP contribution in [0.25, 0.3) is 0 Å². The first-order valence-electron chi connectivity index (χ1n) is 11.6. The number of hydrogen-bond acceptors (Lipinski definition) is 5. The van der Waals surface area contributed by atoms with Crippen molar-refractivity contribution in [1.29, 1.82) is 0 Å². The van der Waals surface area contributed by atoms with E-state index in [1.54, 1.807) is 24.3 Å². The fraction of sp³-hybridized carbons (Fsp3) is 0.231. The largest absolute Gasteiger partial charge is 0.439 e. The molecular formula is C26H22F4N6O2. The number of fused-ring (bicyclic) bond motifs is 1. The average Bonchev–Trinajstić information content (AvgIpc) is 3.41. The predicted molar refractivity (Wildman–Crippen MR) is 131 cm³/mol. The molecule has 12 heteroatoms. The summed E-state index contributed by atoms with van der Waals surface area (Å²) in [5, 5.41) is 2.42. The first-order chi connectivity index (χ1) is 18.1. The smallest absolute Gasteiger partial charge is 0.419 e. The highest BCUT2D eigenvalue weighted by Crippen LogP contribution is 2.35. The Balaban J connectivity index is 1.28. The Morgan fingerprint density at radius 2 is 1.92 bits per heavy atom. The molecule has 38 heavy (non-hydrogen) atoms. The lowest BCUT2D eigenvalue weighted by Crippen LogP contribution is -2.33. The van der Waals surface area contributed by atoms with Crippen molar-refractivity contribution in [2.45, 2.75) is 33.0 Å². The van der Waals surface area contributed by atoms with Crippen molar-refractivity contribution in [2.75, 3.05) is 16.8 Å². The van der Waals surface area contributed by atoms with Gasteiger partial charge in [0.2, 0.25) is 5.88 Å². The Hall–Kier alpha value is -4.48. The lowest BCUT2D eigenvalue weighted by molar-refractivity contribution is -0.139. The van der Waals surface area contributed by atoms with Crippen LogP contribution >= 0.6 is 0 Å². The minimum atomic E-state index is -4.87. The molecule has 0 atom stereocenters. The van der Waals surface area contributed by atoms with E-state index < -0.39 is 23.6 Å². The van der Waals surface area contributed by atoms with Gasteiger partial charge in [0.1, 0.15) is 23.7 Å². The fourth-order valence-electron chi connectivity index (χ4n) is 4.31. The molecule has 2 amide bonds. The van der Waals surface area contributed by atoms with E-state index >= 15 is 0 Å². The standard InChI is InChI=1S/C26H22F4N6O2/c1-15-12-35(16(2)33-15)13-19-11-24(32-14-31-19)38-20-4-6-23-17(9-20)7-8-36(23)25(37)34-18-3-5-22(27)21(10-18)26(28,29)30/h3-6,9-12,14H,7-8,13H2,1-2H3,(H,34,37). The minimum absolute atomic E-state index is 0.155. The molecule has 196 valence electrons. The third-order valence-corrected chi connectivity index (χ3v) is 6.06. The Kier molecular flexibility index (Phi) is 6.47. The van der Waals surface area contributed by atoms with Crippen LogP contribution in [0.4, 0.5) is 33.7 Å². The van der Waals surface area contributed by atoms with Crippen molar-refractivity contribution in [3.63, 3.8) is 0 Å². The highest BCUT2D eigenvalue weighted by molar-refractivity contribution is 6.03. The number of aryl methyl sites for hydroxylation is 2. The SMILES string of the molecule is Cc1cn(Cc2cc(Oc3ccc4c(c3)CCN4C(=O)Nc3ccc(F)c(C(F)(F)F)c3)ncn2)c(C)n1. The van der Waals surface area contributed by atoms with Crippen molar-refractivity contribution < 1.29 is 27.1 Å². The van der Waals surface area contributed by atoms with Crippen molar-refractivity contribution in [2.24, 2.45) is 0 Å². The van der Waals surface area contributed by atoms with Gasteiger partial charge >= 0.3 is 12.2 Å². The number of imidazole rings is 1. The molecule has 8 nitrogen and oxygen atoms in total. The number of carbonyl (C=O) groups is 1. The molecule has 5 rings (SSSR count). The molecule has 0 aliphatic carbocycles. The maximum Gasteiger partial charge on any atom is 0.419 e. The molecule has 2 aromatic carbocycles. The first kappa shape index (κ1) is 25.2. The second-order valence-electron chi connectivity index (χ2n) is 8.82. The van der Waals surface area contributed by atoms with Crippen LogP contribution in [-0.2, 0) is 19.1 Å². The number of hydrogen-bond donors (Lipinski definition) is 1. The van der Waals surface area contributed by atoms with Crippen LogP contribution in [0, 0.1) is 19.7 Å². The van der Waals surface area contributed by atoms with Crippen molar-refractivity contribution >= 4 is 17.4 Å². The Morgan fingerprint density at radius 3 is 2.66 bits per heavy atom. The quantitative estimate of drug-likeness (QED) is 0.328. The summed E-state index contributed by atoms with van der Waals surface area (Å²) in [4.78, 5) is 27.1. The van der Waals surface area contributed by atoms with Crippen LogP contribution in [0.1, 0.15) is 28.3 Å². The Morgan fingerprint density at radius 1 is 1.11 bits per heavy atom. The lowest BCUT2D eigenvalue weighted by Gasteiger charge is -2.19. The van der Waals surface area contributed by atoms with Crippen LogP contribution in [0.3, 0.4) is 0 Å². The number of rotatable bonds is 5. The van der Waals surface area contributed by atoms with E-state index in [0.29, 0.717) is 49.0 Å². The summed E-state index contributed by atoms with van der Waals surface area (Å²) in [6, 6.07) is 8.61. The second-order valence-corrected chi connectivity index (χ2v) is 8.82. The number of alkyl halides is 3. The zero-order chi connectivity index (χ0) is 27.0. The molecule has 0 saturated heterocycles. The molecule has 1 aliphatic heterocycles. The molecular weight excluding hydrogens is 504 g/mol. The van der Waals surface area contributed by atoms with Crippen LogP contribution in [0.5, 0.6) is 11.6 Å². The predicted octanol–water partition coefficient (Wildman–Crippen LogP) is 5.88. The van der Waals surface area contributed by atoms with Gasteiger partial charge in [-0.05, 0) is 62.2 Å². The molecule has 1 aliphatic rings. The zero-order valence-corrected chi connectivity index (χ0v) is 20.4. The molecule has 0 radical (unpaired) electrons. The highest BCUT2D eigenvalue weighted by Gasteiger charge is 2.34. The van der Waals surface area contributed by atoms with Gasteiger partial charge in [-0.1, -0.05) is 0 Å². The number of nitrogens with zero attached hydrogens (tertiary/aromatic N) is 5. The van der Waals surface area contributed by atoms with Gasteiger partial charge in [-0.3, -0.25) is 4.90 Å². The van der Waals surface area contributed by atoms with Crippen LogP contribution in [0.15, 0.2) is 55.0 Å². The van der Waals surface area contributed by atoms with E-state index in [9.17, 15) is 22.4 Å². The summed E-state index contributed by atoms with van der Waals surface area (Å²) >= 11 is 0. The summed E-state index contributed by atoms with van der Waals surface area (Å²) in [6.45, 7) is 4.67. The van der Waals surface area contributed by atoms with E-state index in [2.05, 4.69) is 20.3 Å². The Bertz CT molecular complexity index is 1520. The normalized spacial score (nSPS) is 12.9. The zero-order valence-electron chi connectivity index (χ0n) is 20.4. The summed E-state index contributed by atoms with van der Waals surface area (Å²) in [5.41, 5.74) is 1.49. The summed E-state index contributed by atoms with van der Waals surface area (Å²) in [5.74, 6) is 0.334. The number of aromatic nitrogens is 4. The molecule has 0 spiro atoms. The topological polar surface area (TPSA) is 85.2 Å². The third kappa shape index (κ3) is 5.29. The van der Waals surface area contributed by atoms with Gasteiger partial charge in [-0.2, -0.15) is 13.2 Å². The number of ether oxygens (including phenoxy) is 1. The number of halogens is 4. The first-order valence-corrected chi connectivity index (χ1v) is 11.6. The van der Waals surface area contributed by atoms with Crippen LogP contribution in [0.2, 0.25) is 0 Å². The molecule has 2 aromatic heterocycles.